The van der Waals surface area contributed by atoms with E-state index >= 15 is 4.39 Å². The van der Waals surface area contributed by atoms with E-state index in [2.05, 4.69) is 22.6 Å². The summed E-state index contributed by atoms with van der Waals surface area (Å²) >= 11 is 13.2. The van der Waals surface area contributed by atoms with Gasteiger partial charge < -0.3 is 14.5 Å². The number of halogens is 5. The van der Waals surface area contributed by atoms with Crippen LogP contribution >= 0.6 is 23.2 Å². The van der Waals surface area contributed by atoms with Gasteiger partial charge in [-0.2, -0.15) is 15.2 Å². The maximum atomic E-state index is 16.8. The Morgan fingerprint density at radius 3 is 2.70 bits per heavy atom. The summed E-state index contributed by atoms with van der Waals surface area (Å²) in [6.07, 6.45) is 0.547. The van der Waals surface area contributed by atoms with Crippen LogP contribution in [-0.2, 0) is 4.79 Å². The number of likely N-dealkylation sites (tertiary alicyclic amines) is 1. The summed E-state index contributed by atoms with van der Waals surface area (Å²) in [5.41, 5.74) is 0.150. The van der Waals surface area contributed by atoms with Gasteiger partial charge in [0.15, 0.2) is 5.82 Å². The van der Waals surface area contributed by atoms with E-state index in [4.69, 9.17) is 27.9 Å². The van der Waals surface area contributed by atoms with Crippen molar-refractivity contribution in [3.8, 4) is 23.2 Å². The minimum absolute atomic E-state index is 0.0203. The maximum Gasteiger partial charge on any atom is 0.319 e. The molecule has 3 heterocycles. The first kappa shape index (κ1) is 31.9. The Morgan fingerprint density at radius 2 is 1.98 bits per heavy atom. The second-order valence-electron chi connectivity index (χ2n) is 11.5. The minimum atomic E-state index is -0.988. The highest BCUT2D eigenvalue weighted by atomic mass is 35.5. The fourth-order valence-electron chi connectivity index (χ4n) is 6.34. The number of carbonyl (C=O) groups is 1. The summed E-state index contributed by atoms with van der Waals surface area (Å²) in [4.78, 5) is 26.9. The van der Waals surface area contributed by atoms with Crippen LogP contribution in [0.3, 0.4) is 0 Å². The van der Waals surface area contributed by atoms with Gasteiger partial charge in [-0.3, -0.25) is 9.69 Å². The highest BCUT2D eigenvalue weighted by Crippen LogP contribution is 2.43. The topological polar surface area (TPSA) is 85.6 Å². The summed E-state index contributed by atoms with van der Waals surface area (Å²) < 4.78 is 51.4. The van der Waals surface area contributed by atoms with Crippen molar-refractivity contribution in [1.29, 1.82) is 5.26 Å². The lowest BCUT2D eigenvalue weighted by Gasteiger charge is -2.41. The molecule has 2 saturated heterocycles. The monoisotopic (exact) mass is 668 g/mol. The van der Waals surface area contributed by atoms with Gasteiger partial charge in [0, 0.05) is 48.6 Å². The molecule has 0 bridgehead atoms. The van der Waals surface area contributed by atoms with E-state index in [1.54, 1.807) is 42.3 Å². The molecule has 2 aliphatic heterocycles. The first-order chi connectivity index (χ1) is 22.1. The van der Waals surface area contributed by atoms with Crippen LogP contribution in [0.4, 0.5) is 19.0 Å². The molecular formula is C33H29Cl2F3N6O2. The van der Waals surface area contributed by atoms with Gasteiger partial charge in [0.25, 0.3) is 0 Å². The molecule has 0 radical (unpaired) electrons. The average Bonchev–Trinajstić information content (AvgIpc) is 3.37. The predicted octanol–water partition coefficient (Wildman–Crippen LogP) is 6.57. The summed E-state index contributed by atoms with van der Waals surface area (Å²) in [6, 6.07) is 10.6. The number of likely N-dealkylation sites (N-methyl/N-ethyl adjacent to an activating group) is 1. The molecule has 46 heavy (non-hydrogen) atoms. The molecule has 2 aliphatic rings. The molecular weight excluding hydrogens is 640 g/mol. The standard InChI is InChI=1S/C33H29Cl2F3N6O2/c1-3-26(45)44-12-11-43(16-20(44)9-10-39)32-23-14-24(34)28(22-6-4-5-18-7-8-25(37)29(35)27(18)22)30(38)31(23)40-33(41-32)46-17-21-13-19(36)15-42(21)2/h3-8,14,19-21H,1,9,11-13,15-17H2,2H3/t19-,20+,21+/m1/s1. The third-order valence-electron chi connectivity index (χ3n) is 8.66. The fourth-order valence-corrected chi connectivity index (χ4v) is 6.91. The molecule has 0 spiro atoms. The molecule has 13 heteroatoms. The number of alkyl halides is 1. The molecule has 2 fully saturated rings. The van der Waals surface area contributed by atoms with Crippen molar-refractivity contribution >= 4 is 56.6 Å². The number of piperazine rings is 1. The molecule has 4 aromatic rings. The molecule has 0 aliphatic carbocycles. The molecule has 8 nitrogen and oxygen atoms in total. The number of hydrogen-bond acceptors (Lipinski definition) is 7. The van der Waals surface area contributed by atoms with E-state index in [9.17, 15) is 18.8 Å². The number of aromatic nitrogens is 2. The van der Waals surface area contributed by atoms with E-state index in [0.717, 1.165) is 0 Å². The molecule has 0 N–H and O–H groups in total. The van der Waals surface area contributed by atoms with Crippen LogP contribution in [0.15, 0.2) is 49.1 Å². The van der Waals surface area contributed by atoms with Gasteiger partial charge in [-0.05, 0) is 42.6 Å². The lowest BCUT2D eigenvalue weighted by atomic mass is 9.96. The summed E-state index contributed by atoms with van der Waals surface area (Å²) in [5.74, 6) is -1.45. The zero-order valence-corrected chi connectivity index (χ0v) is 26.3. The Morgan fingerprint density at radius 1 is 1.17 bits per heavy atom. The van der Waals surface area contributed by atoms with Gasteiger partial charge in [0.05, 0.1) is 28.6 Å². The number of nitrogens with zero attached hydrogens (tertiary/aromatic N) is 6. The highest BCUT2D eigenvalue weighted by molar-refractivity contribution is 6.38. The Balaban J connectivity index is 1.50. The van der Waals surface area contributed by atoms with E-state index < -0.39 is 23.8 Å². The Bertz CT molecular complexity index is 1900. The van der Waals surface area contributed by atoms with Crippen molar-refractivity contribution in [3.05, 3.63) is 70.7 Å². The lowest BCUT2D eigenvalue weighted by molar-refractivity contribution is -0.128. The third kappa shape index (κ3) is 5.81. The fraction of sp³-hybridized carbons (Fsp3) is 0.333. The van der Waals surface area contributed by atoms with Crippen molar-refractivity contribution in [2.24, 2.45) is 0 Å². The zero-order valence-electron chi connectivity index (χ0n) is 24.8. The summed E-state index contributed by atoms with van der Waals surface area (Å²) in [5, 5.41) is 10.5. The molecule has 6 rings (SSSR count). The molecule has 1 amide bonds. The van der Waals surface area contributed by atoms with Gasteiger partial charge >= 0.3 is 6.01 Å². The van der Waals surface area contributed by atoms with Crippen molar-refractivity contribution in [2.75, 3.05) is 44.7 Å². The number of rotatable bonds is 7. The second kappa shape index (κ2) is 12.9. The van der Waals surface area contributed by atoms with Crippen molar-refractivity contribution in [2.45, 2.75) is 31.1 Å². The maximum absolute atomic E-state index is 16.8. The predicted molar refractivity (Wildman–Crippen MR) is 172 cm³/mol. The quantitative estimate of drug-likeness (QED) is 0.206. The Labute approximate surface area is 273 Å². The van der Waals surface area contributed by atoms with Crippen LogP contribution in [-0.4, -0.2) is 83.8 Å². The van der Waals surface area contributed by atoms with Crippen molar-refractivity contribution < 1.29 is 22.7 Å². The number of carbonyl (C=O) groups excluding carboxylic acids is 1. The van der Waals surface area contributed by atoms with Gasteiger partial charge in [0.1, 0.15) is 29.9 Å². The Hall–Kier alpha value is -4.11. The minimum Gasteiger partial charge on any atom is -0.462 e. The van der Waals surface area contributed by atoms with Gasteiger partial charge in [-0.25, -0.2) is 13.2 Å². The third-order valence-corrected chi connectivity index (χ3v) is 9.32. The lowest BCUT2D eigenvalue weighted by Crippen LogP contribution is -2.55. The van der Waals surface area contributed by atoms with Crippen molar-refractivity contribution in [3.63, 3.8) is 0 Å². The number of anilines is 1. The SMILES string of the molecule is C=CC(=O)N1CCN(c2nc(OC[C@@H]3C[C@@H](F)CN3C)nc3c(F)c(-c4cccc5ccc(F)c(Cl)c45)c(Cl)cc23)C[C@@H]1CC#N. The van der Waals surface area contributed by atoms with Crippen LogP contribution in [0.1, 0.15) is 12.8 Å². The van der Waals surface area contributed by atoms with Crippen LogP contribution in [0.5, 0.6) is 6.01 Å². The van der Waals surface area contributed by atoms with Crippen molar-refractivity contribution in [1.82, 2.24) is 19.8 Å². The average molecular weight is 670 g/mol. The smallest absolute Gasteiger partial charge is 0.319 e. The molecule has 1 aromatic heterocycles. The molecule has 0 unspecified atom stereocenters. The Kier molecular flexibility index (Phi) is 8.97. The largest absolute Gasteiger partial charge is 0.462 e. The van der Waals surface area contributed by atoms with Gasteiger partial charge in [0.2, 0.25) is 5.91 Å². The van der Waals surface area contributed by atoms with Crippen LogP contribution < -0.4 is 9.64 Å². The van der Waals surface area contributed by atoms with Gasteiger partial charge in [-0.1, -0.05) is 54.0 Å². The first-order valence-electron chi connectivity index (χ1n) is 14.7. The molecule has 3 aromatic carbocycles. The number of benzene rings is 3. The first-order valence-corrected chi connectivity index (χ1v) is 15.5. The summed E-state index contributed by atoms with van der Waals surface area (Å²) in [7, 11) is 1.80. The number of fused-ring (bicyclic) bond motifs is 2. The van der Waals surface area contributed by atoms with Crippen LogP contribution in [0.2, 0.25) is 10.0 Å². The zero-order chi connectivity index (χ0) is 32.7. The number of hydrogen-bond donors (Lipinski definition) is 0. The highest BCUT2D eigenvalue weighted by Gasteiger charge is 2.33. The van der Waals surface area contributed by atoms with Crippen LogP contribution in [0.25, 0.3) is 32.8 Å². The normalized spacial score (nSPS) is 20.3. The number of nitriles is 1. The van der Waals surface area contributed by atoms with E-state index in [1.165, 1.54) is 12.1 Å². The second-order valence-corrected chi connectivity index (χ2v) is 12.3. The summed E-state index contributed by atoms with van der Waals surface area (Å²) in [6.45, 7) is 4.70. The number of amides is 1. The number of ether oxygens (including phenoxy) is 1. The molecule has 3 atom stereocenters. The van der Waals surface area contributed by atoms with E-state index in [0.29, 0.717) is 23.1 Å². The molecule has 238 valence electrons. The van der Waals surface area contributed by atoms with E-state index in [-0.39, 0.29) is 89.1 Å². The van der Waals surface area contributed by atoms with E-state index in [1.807, 2.05) is 9.80 Å². The van der Waals surface area contributed by atoms with Gasteiger partial charge in [-0.15, -0.1) is 0 Å². The molecule has 0 saturated carbocycles. The van der Waals surface area contributed by atoms with Crippen LogP contribution in [0, 0.1) is 23.0 Å².